The third-order valence-corrected chi connectivity index (χ3v) is 2.57. The number of ether oxygens (including phenoxy) is 1. The second-order valence-electron chi connectivity index (χ2n) is 3.59. The van der Waals surface area contributed by atoms with Crippen LogP contribution < -0.4 is 4.74 Å². The summed E-state index contributed by atoms with van der Waals surface area (Å²) in [5.41, 5.74) is 1.13. The van der Waals surface area contributed by atoms with Crippen LogP contribution in [0.15, 0.2) is 27.8 Å². The molecule has 0 atom stereocenters. The van der Waals surface area contributed by atoms with E-state index in [0.717, 1.165) is 0 Å². The van der Waals surface area contributed by atoms with Gasteiger partial charge in [0.1, 0.15) is 4.92 Å². The van der Waals surface area contributed by atoms with Crippen LogP contribution in [-0.2, 0) is 0 Å². The van der Waals surface area contributed by atoms with Crippen LogP contribution in [0.2, 0.25) is 0 Å². The Labute approximate surface area is 101 Å². The van der Waals surface area contributed by atoms with Gasteiger partial charge in [-0.05, 0) is 19.1 Å². The lowest BCUT2D eigenvalue weighted by atomic mass is 10.1. The van der Waals surface area contributed by atoms with Gasteiger partial charge < -0.3 is 14.4 Å². The third-order valence-electron chi connectivity index (χ3n) is 2.57. The van der Waals surface area contributed by atoms with E-state index < -0.39 is 4.92 Å². The summed E-state index contributed by atoms with van der Waals surface area (Å²) in [5, 5.41) is 23.0. The highest BCUT2D eigenvalue weighted by molar-refractivity contribution is 6.10. The Morgan fingerprint density at radius 3 is 2.83 bits per heavy atom. The Kier molecular flexibility index (Phi) is 2.88. The van der Waals surface area contributed by atoms with Crippen LogP contribution in [0.5, 0.6) is 5.75 Å². The van der Waals surface area contributed by atoms with E-state index in [-0.39, 0.29) is 11.5 Å². The molecule has 1 aromatic heterocycles. The summed E-state index contributed by atoms with van der Waals surface area (Å²) in [6.07, 6.45) is 0. The molecular formula is C11H10N2O5. The van der Waals surface area contributed by atoms with E-state index in [1.54, 1.807) is 19.1 Å². The number of furan rings is 1. The van der Waals surface area contributed by atoms with Crippen LogP contribution in [0.4, 0.5) is 5.88 Å². The van der Waals surface area contributed by atoms with Crippen molar-refractivity contribution in [2.24, 2.45) is 5.16 Å². The Bertz CT molecular complexity index is 644. The summed E-state index contributed by atoms with van der Waals surface area (Å²) in [6, 6.07) is 4.52. The van der Waals surface area contributed by atoms with E-state index in [1.807, 2.05) is 0 Å². The second kappa shape index (κ2) is 4.36. The summed E-state index contributed by atoms with van der Waals surface area (Å²) in [6.45, 7) is 1.58. The topological polar surface area (TPSA) is 98.1 Å². The van der Waals surface area contributed by atoms with Crippen molar-refractivity contribution in [3.63, 3.8) is 0 Å². The predicted molar refractivity (Wildman–Crippen MR) is 63.4 cm³/mol. The van der Waals surface area contributed by atoms with Gasteiger partial charge in [0.2, 0.25) is 0 Å². The maximum absolute atomic E-state index is 10.7. The molecule has 2 aromatic rings. The molecule has 1 N–H and O–H groups in total. The van der Waals surface area contributed by atoms with E-state index in [4.69, 9.17) is 14.4 Å². The molecule has 1 heterocycles. The zero-order valence-electron chi connectivity index (χ0n) is 9.71. The van der Waals surface area contributed by atoms with Crippen molar-refractivity contribution in [3.8, 4) is 5.75 Å². The number of hydrogen-bond donors (Lipinski definition) is 1. The summed E-state index contributed by atoms with van der Waals surface area (Å²) >= 11 is 0. The molecule has 0 aliphatic heterocycles. The Morgan fingerprint density at radius 2 is 2.28 bits per heavy atom. The number of nitro groups is 1. The van der Waals surface area contributed by atoms with Gasteiger partial charge in [-0.15, -0.1) is 0 Å². The zero-order valence-corrected chi connectivity index (χ0v) is 9.71. The molecule has 7 nitrogen and oxygen atoms in total. The first kappa shape index (κ1) is 11.9. The first-order valence-electron chi connectivity index (χ1n) is 5.02. The molecule has 0 radical (unpaired) electrons. The minimum absolute atomic E-state index is 0.254. The fourth-order valence-corrected chi connectivity index (χ4v) is 1.71. The minimum Gasteiger partial charge on any atom is -0.493 e. The van der Waals surface area contributed by atoms with Crippen molar-refractivity contribution in [2.75, 3.05) is 7.11 Å². The summed E-state index contributed by atoms with van der Waals surface area (Å²) < 4.78 is 10.2. The van der Waals surface area contributed by atoms with E-state index >= 15 is 0 Å². The monoisotopic (exact) mass is 250 g/mol. The number of oxime groups is 1. The molecule has 0 amide bonds. The molecule has 0 fully saturated rings. The maximum Gasteiger partial charge on any atom is 0.434 e. The maximum atomic E-state index is 10.7. The van der Waals surface area contributed by atoms with Crippen LogP contribution in [0, 0.1) is 10.1 Å². The van der Waals surface area contributed by atoms with Gasteiger partial charge in [-0.2, -0.15) is 0 Å². The van der Waals surface area contributed by atoms with Gasteiger partial charge in [0.05, 0.1) is 18.9 Å². The molecule has 1 aromatic carbocycles. The van der Waals surface area contributed by atoms with Crippen molar-refractivity contribution in [2.45, 2.75) is 6.92 Å². The molecule has 0 unspecified atom stereocenters. The fourth-order valence-electron chi connectivity index (χ4n) is 1.71. The molecule has 7 heteroatoms. The number of methoxy groups -OCH3 is 1. The zero-order chi connectivity index (χ0) is 13.3. The number of nitrogens with zero attached hydrogens (tertiary/aromatic N) is 2. The third kappa shape index (κ3) is 1.75. The van der Waals surface area contributed by atoms with Crippen molar-refractivity contribution < 1.29 is 19.3 Å². The Hall–Kier alpha value is -2.57. The van der Waals surface area contributed by atoms with Crippen LogP contribution in [0.25, 0.3) is 11.0 Å². The largest absolute Gasteiger partial charge is 0.493 e. The van der Waals surface area contributed by atoms with E-state index in [1.165, 1.54) is 13.2 Å². The highest BCUT2D eigenvalue weighted by atomic mass is 16.6. The molecule has 0 saturated heterocycles. The molecule has 2 rings (SSSR count). The van der Waals surface area contributed by atoms with Crippen molar-refractivity contribution in [1.29, 1.82) is 0 Å². The first-order chi connectivity index (χ1) is 8.58. The lowest BCUT2D eigenvalue weighted by Gasteiger charge is -2.03. The molecular weight excluding hydrogens is 240 g/mol. The highest BCUT2D eigenvalue weighted by Gasteiger charge is 2.20. The molecule has 18 heavy (non-hydrogen) atoms. The molecule has 0 aliphatic rings. The van der Waals surface area contributed by atoms with Gasteiger partial charge >= 0.3 is 5.88 Å². The van der Waals surface area contributed by atoms with Crippen LogP contribution in [0.3, 0.4) is 0 Å². The molecule has 0 spiro atoms. The van der Waals surface area contributed by atoms with E-state index in [2.05, 4.69) is 5.16 Å². The highest BCUT2D eigenvalue weighted by Crippen LogP contribution is 2.34. The standard InChI is InChI=1S/C11H10N2O5/c1-6(12-14)7-3-4-9(17-2)11-8(7)5-10(18-11)13(15)16/h3-5,14H,1-2H3. The lowest BCUT2D eigenvalue weighted by molar-refractivity contribution is -0.401. The minimum atomic E-state index is -0.630. The van der Waals surface area contributed by atoms with E-state index in [9.17, 15) is 10.1 Å². The molecule has 0 aliphatic carbocycles. The number of benzene rings is 1. The van der Waals surface area contributed by atoms with Gasteiger partial charge in [0.15, 0.2) is 11.3 Å². The average Bonchev–Trinajstić information content (AvgIpc) is 2.81. The van der Waals surface area contributed by atoms with Gasteiger partial charge in [0, 0.05) is 10.9 Å². The SMILES string of the molecule is COc1ccc(C(C)=NO)c2cc([N+](=O)[O-])oc12. The fraction of sp³-hybridized carbons (Fsp3) is 0.182. The lowest BCUT2D eigenvalue weighted by Crippen LogP contribution is -1.95. The summed E-state index contributed by atoms with van der Waals surface area (Å²) in [4.78, 5) is 10.1. The van der Waals surface area contributed by atoms with Crippen molar-refractivity contribution in [3.05, 3.63) is 33.9 Å². The summed E-state index contributed by atoms with van der Waals surface area (Å²) in [5.74, 6) is -0.00548. The van der Waals surface area contributed by atoms with Crippen molar-refractivity contribution >= 4 is 22.6 Å². The van der Waals surface area contributed by atoms with E-state index in [0.29, 0.717) is 22.4 Å². The van der Waals surface area contributed by atoms with Crippen LogP contribution in [0.1, 0.15) is 12.5 Å². The van der Waals surface area contributed by atoms with Gasteiger partial charge in [-0.25, -0.2) is 0 Å². The second-order valence-corrected chi connectivity index (χ2v) is 3.59. The first-order valence-corrected chi connectivity index (χ1v) is 5.02. The van der Waals surface area contributed by atoms with Gasteiger partial charge in [-0.3, -0.25) is 10.1 Å². The number of rotatable bonds is 3. The Morgan fingerprint density at radius 1 is 1.56 bits per heavy atom. The average molecular weight is 250 g/mol. The Balaban J connectivity index is 2.80. The number of fused-ring (bicyclic) bond motifs is 1. The quantitative estimate of drug-likeness (QED) is 0.390. The molecule has 0 saturated carbocycles. The number of hydrogen-bond acceptors (Lipinski definition) is 6. The van der Waals surface area contributed by atoms with Crippen LogP contribution in [-0.4, -0.2) is 23.0 Å². The molecule has 94 valence electrons. The van der Waals surface area contributed by atoms with Gasteiger partial charge in [0.25, 0.3) is 0 Å². The smallest absolute Gasteiger partial charge is 0.434 e. The summed E-state index contributed by atoms with van der Waals surface area (Å²) in [7, 11) is 1.44. The van der Waals surface area contributed by atoms with Gasteiger partial charge in [-0.1, -0.05) is 5.16 Å². The predicted octanol–water partition coefficient (Wildman–Crippen LogP) is 2.55. The molecule has 0 bridgehead atoms. The normalized spacial score (nSPS) is 11.8. The van der Waals surface area contributed by atoms with Crippen LogP contribution >= 0.6 is 0 Å². The van der Waals surface area contributed by atoms with Crippen molar-refractivity contribution in [1.82, 2.24) is 0 Å².